The third-order valence-electron chi connectivity index (χ3n) is 1.71. The highest BCUT2D eigenvalue weighted by atomic mass is 16.1. The van der Waals surface area contributed by atoms with Crippen LogP contribution in [-0.4, -0.2) is 15.8 Å². The zero-order valence-corrected chi connectivity index (χ0v) is 4.71. The lowest BCUT2D eigenvalue weighted by Crippen LogP contribution is -2.19. The van der Waals surface area contributed by atoms with Crippen molar-refractivity contribution in [3.63, 3.8) is 0 Å². The van der Waals surface area contributed by atoms with Gasteiger partial charge in [-0.1, -0.05) is 0 Å². The Hall–Kier alpha value is -1.58. The Morgan fingerprint density at radius 1 is 1.10 bits per heavy atom. The SMILES string of the molecule is O=C1c2nc1c1c(=O)c1n2. The summed E-state index contributed by atoms with van der Waals surface area (Å²) in [7, 11) is 0. The second-order valence-electron chi connectivity index (χ2n) is 2.28. The molecule has 3 heterocycles. The fourth-order valence-corrected chi connectivity index (χ4v) is 1.10. The van der Waals surface area contributed by atoms with Gasteiger partial charge in [-0.25, -0.2) is 9.97 Å². The summed E-state index contributed by atoms with van der Waals surface area (Å²) in [5.41, 5.74) is 0.657. The van der Waals surface area contributed by atoms with Crippen molar-refractivity contribution in [1.29, 1.82) is 0 Å². The third kappa shape index (κ3) is 0.233. The van der Waals surface area contributed by atoms with Crippen LogP contribution in [0.5, 0.6) is 0 Å². The lowest BCUT2D eigenvalue weighted by Gasteiger charge is -2.05. The summed E-state index contributed by atoms with van der Waals surface area (Å²) in [6.07, 6.45) is 0. The maximum atomic E-state index is 10.8. The Bertz CT molecular complexity index is 491. The maximum absolute atomic E-state index is 10.8. The van der Waals surface area contributed by atoms with Gasteiger partial charge >= 0.3 is 0 Å². The number of rotatable bonds is 0. The predicted molar refractivity (Wildman–Crippen MR) is 31.6 cm³/mol. The van der Waals surface area contributed by atoms with E-state index in [2.05, 4.69) is 9.97 Å². The summed E-state index contributed by atoms with van der Waals surface area (Å²) in [4.78, 5) is 28.9. The van der Waals surface area contributed by atoms with E-state index in [1.165, 1.54) is 0 Å². The second kappa shape index (κ2) is 0.901. The van der Waals surface area contributed by atoms with Gasteiger partial charge in [-0.3, -0.25) is 9.59 Å². The van der Waals surface area contributed by atoms with Gasteiger partial charge in [0.2, 0.25) is 17.0 Å². The average Bonchev–Trinajstić information content (AvgIpc) is 2.62. The van der Waals surface area contributed by atoms with Crippen molar-refractivity contribution >= 4 is 16.7 Å². The monoisotopic (exact) mass is 132 g/mol. The van der Waals surface area contributed by atoms with Crippen molar-refractivity contribution < 1.29 is 4.79 Å². The maximum Gasteiger partial charge on any atom is 0.249 e. The normalized spacial score (nSPS) is 14.6. The van der Waals surface area contributed by atoms with Gasteiger partial charge in [-0.15, -0.1) is 0 Å². The van der Waals surface area contributed by atoms with Gasteiger partial charge in [0, 0.05) is 0 Å². The van der Waals surface area contributed by atoms with E-state index in [1.54, 1.807) is 0 Å². The molecule has 2 aliphatic rings. The fraction of sp³-hybridized carbons (Fsp3) is 0. The summed E-state index contributed by atoms with van der Waals surface area (Å²) in [6.45, 7) is 0. The van der Waals surface area contributed by atoms with Gasteiger partial charge in [0.15, 0.2) is 0 Å². The average molecular weight is 132 g/mol. The Labute approximate surface area is 54.2 Å². The van der Waals surface area contributed by atoms with Gasteiger partial charge in [-0.2, -0.15) is 0 Å². The molecule has 4 nitrogen and oxygen atoms in total. The van der Waals surface area contributed by atoms with Crippen LogP contribution < -0.4 is 5.43 Å². The molecule has 0 radical (unpaired) electrons. The first-order valence-corrected chi connectivity index (χ1v) is 2.80. The number of carbonyl (C=O) groups excluding carboxylic acids is 1. The molecule has 10 heavy (non-hydrogen) atoms. The fourth-order valence-electron chi connectivity index (χ4n) is 1.10. The minimum absolute atomic E-state index is 0.111. The molecule has 0 fully saturated rings. The first-order valence-electron chi connectivity index (χ1n) is 2.80. The van der Waals surface area contributed by atoms with Crippen LogP contribution >= 0.6 is 0 Å². The van der Waals surface area contributed by atoms with Gasteiger partial charge in [0.1, 0.15) is 11.2 Å². The third-order valence-corrected chi connectivity index (χ3v) is 1.71. The molecule has 2 bridgehead atoms. The van der Waals surface area contributed by atoms with E-state index in [9.17, 15) is 9.59 Å². The second-order valence-corrected chi connectivity index (χ2v) is 2.28. The smallest absolute Gasteiger partial charge is 0.249 e. The Morgan fingerprint density at radius 3 is 2.40 bits per heavy atom. The van der Waals surface area contributed by atoms with Gasteiger partial charge in [0.25, 0.3) is 0 Å². The molecule has 0 N–H and O–H groups in total. The van der Waals surface area contributed by atoms with Crippen molar-refractivity contribution in [2.75, 3.05) is 0 Å². The van der Waals surface area contributed by atoms with Crippen LogP contribution in [0.4, 0.5) is 0 Å². The van der Waals surface area contributed by atoms with Crippen molar-refractivity contribution in [2.45, 2.75) is 0 Å². The first kappa shape index (κ1) is 4.27. The van der Waals surface area contributed by atoms with Crippen molar-refractivity contribution in [2.24, 2.45) is 0 Å². The van der Waals surface area contributed by atoms with E-state index in [1.807, 2.05) is 0 Å². The zero-order chi connectivity index (χ0) is 6.88. The summed E-state index contributed by atoms with van der Waals surface area (Å²) < 4.78 is 0. The van der Waals surface area contributed by atoms with Gasteiger partial charge < -0.3 is 0 Å². The van der Waals surface area contributed by atoms with Crippen LogP contribution in [0.25, 0.3) is 10.9 Å². The number of nitrogens with zero attached hydrogens (tertiary/aromatic N) is 2. The number of ketones is 1. The molecule has 2 aromatic rings. The molecule has 0 unspecified atom stereocenters. The molecule has 2 aliphatic heterocycles. The number of aromatic nitrogens is 2. The number of hydrogen-bond acceptors (Lipinski definition) is 4. The first-order chi connectivity index (χ1) is 4.79. The number of hydrogen-bond donors (Lipinski definition) is 0. The molecule has 0 saturated carbocycles. The molecule has 4 heteroatoms. The standard InChI is InChI=1S/C6N2O2/c9-4-1-2(4)7-6-5(10)3(1)8-6. The highest BCUT2D eigenvalue weighted by molar-refractivity contribution is 6.22. The lowest BCUT2D eigenvalue weighted by molar-refractivity contribution is 0.0999. The van der Waals surface area contributed by atoms with Crippen molar-refractivity contribution in [3.8, 4) is 0 Å². The van der Waals surface area contributed by atoms with E-state index in [0.717, 1.165) is 0 Å². The molecule has 1 aromatic carbocycles. The molecule has 46 valence electrons. The quantitative estimate of drug-likeness (QED) is 0.410. The largest absolute Gasteiger partial charge is 0.287 e. The van der Waals surface area contributed by atoms with E-state index in [4.69, 9.17) is 0 Å². The highest BCUT2D eigenvalue weighted by Crippen LogP contribution is 2.25. The Kier molecular flexibility index (Phi) is 0.385. The Morgan fingerprint density at radius 2 is 1.90 bits per heavy atom. The van der Waals surface area contributed by atoms with Crippen molar-refractivity contribution in [3.05, 3.63) is 21.7 Å². The minimum Gasteiger partial charge on any atom is -0.287 e. The Balaban J connectivity index is 2.69. The summed E-state index contributed by atoms with van der Waals surface area (Å²) in [5, 5.41) is 0.444. The highest BCUT2D eigenvalue weighted by Gasteiger charge is 2.35. The van der Waals surface area contributed by atoms with E-state index >= 15 is 0 Å². The molecule has 0 amide bonds. The lowest BCUT2D eigenvalue weighted by atomic mass is 10.1. The summed E-state index contributed by atoms with van der Waals surface area (Å²) in [5.74, 6) is 0.0178. The molecule has 4 rings (SSSR count). The van der Waals surface area contributed by atoms with E-state index in [0.29, 0.717) is 16.6 Å². The van der Waals surface area contributed by atoms with Crippen LogP contribution in [0.3, 0.4) is 0 Å². The summed E-state index contributed by atoms with van der Waals surface area (Å²) >= 11 is 0. The van der Waals surface area contributed by atoms with Gasteiger partial charge in [0.05, 0.1) is 5.39 Å². The molecule has 0 atom stereocenters. The molecule has 0 spiro atoms. The summed E-state index contributed by atoms with van der Waals surface area (Å²) in [6, 6.07) is 0. The molecular formula is C6N2O2. The minimum atomic E-state index is -0.176. The number of carbonyl (C=O) groups is 1. The van der Waals surface area contributed by atoms with E-state index < -0.39 is 0 Å². The van der Waals surface area contributed by atoms with Crippen LogP contribution in [0, 0.1) is 0 Å². The molecule has 0 saturated heterocycles. The van der Waals surface area contributed by atoms with Crippen LogP contribution in [0.15, 0.2) is 4.79 Å². The molecule has 1 aromatic heterocycles. The molecule has 0 aliphatic carbocycles. The predicted octanol–water partition coefficient (Wildman–Crippen LogP) is -0.590. The zero-order valence-electron chi connectivity index (χ0n) is 4.71. The van der Waals surface area contributed by atoms with E-state index in [-0.39, 0.29) is 17.0 Å². The topological polar surface area (TPSA) is 59.9 Å². The van der Waals surface area contributed by atoms with Gasteiger partial charge in [-0.05, 0) is 0 Å². The molecular weight excluding hydrogens is 132 g/mol. The van der Waals surface area contributed by atoms with Crippen LogP contribution in [-0.2, 0) is 0 Å². The van der Waals surface area contributed by atoms with Crippen LogP contribution in [0.1, 0.15) is 16.3 Å². The van der Waals surface area contributed by atoms with Crippen molar-refractivity contribution in [1.82, 2.24) is 9.97 Å². The van der Waals surface area contributed by atoms with Crippen LogP contribution in [0.2, 0.25) is 0 Å².